The van der Waals surface area contributed by atoms with Gasteiger partial charge in [0.05, 0.1) is 5.69 Å². The van der Waals surface area contributed by atoms with Crippen LogP contribution in [0.4, 0.5) is 5.82 Å². The maximum absolute atomic E-state index is 5.08. The molecule has 0 N–H and O–H groups in total. The maximum Gasteiger partial charge on any atom is 0.137 e. The molecule has 0 radical (unpaired) electrons. The Morgan fingerprint density at radius 3 is 2.50 bits per heavy atom. The van der Waals surface area contributed by atoms with Crippen LogP contribution in [0.25, 0.3) is 22.0 Å². The second-order valence-electron chi connectivity index (χ2n) is 6.70. The molecule has 1 saturated heterocycles. The molecule has 1 fully saturated rings. The van der Waals surface area contributed by atoms with Gasteiger partial charge in [0.1, 0.15) is 5.82 Å². The van der Waals surface area contributed by atoms with Gasteiger partial charge in [-0.3, -0.25) is 0 Å². The Hall–Kier alpha value is -1.62. The van der Waals surface area contributed by atoms with Gasteiger partial charge in [0, 0.05) is 35.1 Å². The number of hydrogen-bond donors (Lipinski definition) is 0. The van der Waals surface area contributed by atoms with Crippen molar-refractivity contribution in [3.63, 3.8) is 0 Å². The monoisotopic (exact) mass is 431 g/mol. The molecule has 4 rings (SSSR count). The van der Waals surface area contributed by atoms with Crippen LogP contribution in [0.2, 0.25) is 0 Å². The standard InChI is InChI=1S/C21H22BrN3.ClH/c1-24-11-4-12-25(14-13-24)21-19-6-3-2-5-17(19)15-20(23-21)16-7-9-18(22)10-8-16;/h2-3,5-10,15H,4,11-14H2,1H3;1H. The first kappa shape index (κ1) is 19.2. The Kier molecular flexibility index (Phi) is 6.17. The number of anilines is 1. The van der Waals surface area contributed by atoms with Crippen LogP contribution in [-0.4, -0.2) is 43.1 Å². The Balaban J connectivity index is 0.00000196. The van der Waals surface area contributed by atoms with Crippen LogP contribution in [0.3, 0.4) is 0 Å². The van der Waals surface area contributed by atoms with Crippen LogP contribution in [0, 0.1) is 0 Å². The predicted molar refractivity (Wildman–Crippen MR) is 116 cm³/mol. The summed E-state index contributed by atoms with van der Waals surface area (Å²) in [5.41, 5.74) is 2.20. The van der Waals surface area contributed by atoms with Crippen LogP contribution in [0.5, 0.6) is 0 Å². The Bertz CT molecular complexity index is 882. The summed E-state index contributed by atoms with van der Waals surface area (Å²) in [5.74, 6) is 1.12. The molecule has 0 aliphatic carbocycles. The summed E-state index contributed by atoms with van der Waals surface area (Å²) in [6.07, 6.45) is 1.18. The lowest BCUT2D eigenvalue weighted by molar-refractivity contribution is 0.360. The third-order valence-electron chi connectivity index (χ3n) is 4.88. The average Bonchev–Trinajstić information content (AvgIpc) is 2.86. The minimum absolute atomic E-state index is 0. The van der Waals surface area contributed by atoms with Gasteiger partial charge in [0.25, 0.3) is 0 Å². The van der Waals surface area contributed by atoms with Gasteiger partial charge in [-0.2, -0.15) is 0 Å². The van der Waals surface area contributed by atoms with Crippen LogP contribution in [-0.2, 0) is 0 Å². The van der Waals surface area contributed by atoms with Gasteiger partial charge in [-0.05, 0) is 43.6 Å². The van der Waals surface area contributed by atoms with Gasteiger partial charge < -0.3 is 9.80 Å². The molecule has 26 heavy (non-hydrogen) atoms. The molecule has 0 amide bonds. The number of pyridine rings is 1. The van der Waals surface area contributed by atoms with Crippen molar-refractivity contribution in [2.24, 2.45) is 0 Å². The van der Waals surface area contributed by atoms with Gasteiger partial charge in [0.15, 0.2) is 0 Å². The predicted octanol–water partition coefficient (Wildman–Crippen LogP) is 5.23. The average molecular weight is 433 g/mol. The topological polar surface area (TPSA) is 19.4 Å². The van der Waals surface area contributed by atoms with Crippen molar-refractivity contribution >= 4 is 44.9 Å². The molecular formula is C21H23BrClN3. The number of hydrogen-bond acceptors (Lipinski definition) is 3. The summed E-state index contributed by atoms with van der Waals surface area (Å²) in [4.78, 5) is 9.94. The molecule has 5 heteroatoms. The van der Waals surface area contributed by atoms with Crippen molar-refractivity contribution in [3.05, 3.63) is 59.1 Å². The second-order valence-corrected chi connectivity index (χ2v) is 7.62. The minimum atomic E-state index is 0. The zero-order chi connectivity index (χ0) is 17.2. The number of halogens is 2. The third kappa shape index (κ3) is 4.03. The first-order chi connectivity index (χ1) is 12.2. The van der Waals surface area contributed by atoms with Crippen molar-refractivity contribution in [1.82, 2.24) is 9.88 Å². The molecule has 1 aliphatic heterocycles. The lowest BCUT2D eigenvalue weighted by atomic mass is 10.1. The summed E-state index contributed by atoms with van der Waals surface area (Å²) in [5, 5.41) is 2.50. The van der Waals surface area contributed by atoms with Gasteiger partial charge in [-0.25, -0.2) is 4.98 Å². The fraction of sp³-hybridized carbons (Fsp3) is 0.286. The number of likely N-dealkylation sites (N-methyl/N-ethyl adjacent to an activating group) is 1. The summed E-state index contributed by atoms with van der Waals surface area (Å²) in [6, 6.07) is 19.2. The van der Waals surface area contributed by atoms with E-state index in [-0.39, 0.29) is 12.4 Å². The fourth-order valence-electron chi connectivity index (χ4n) is 3.45. The Morgan fingerprint density at radius 2 is 1.69 bits per heavy atom. The van der Waals surface area contributed by atoms with E-state index in [9.17, 15) is 0 Å². The highest BCUT2D eigenvalue weighted by Crippen LogP contribution is 2.31. The Morgan fingerprint density at radius 1 is 0.923 bits per heavy atom. The van der Waals surface area contributed by atoms with Crippen LogP contribution in [0.15, 0.2) is 59.1 Å². The SMILES string of the molecule is CN1CCCN(c2nc(-c3ccc(Br)cc3)cc3ccccc23)CC1.Cl. The lowest BCUT2D eigenvalue weighted by Crippen LogP contribution is -2.29. The number of rotatable bonds is 2. The molecule has 3 nitrogen and oxygen atoms in total. The third-order valence-corrected chi connectivity index (χ3v) is 5.41. The summed E-state index contributed by atoms with van der Waals surface area (Å²) in [7, 11) is 2.20. The highest BCUT2D eigenvalue weighted by atomic mass is 79.9. The summed E-state index contributed by atoms with van der Waals surface area (Å²) >= 11 is 3.52. The van der Waals surface area contributed by atoms with Crippen molar-refractivity contribution in [1.29, 1.82) is 0 Å². The summed E-state index contributed by atoms with van der Waals surface area (Å²) in [6.45, 7) is 4.32. The molecule has 1 aromatic heterocycles. The molecule has 0 bridgehead atoms. The molecule has 3 aromatic rings. The maximum atomic E-state index is 5.08. The second kappa shape index (κ2) is 8.38. The first-order valence-electron chi connectivity index (χ1n) is 8.80. The Labute approximate surface area is 169 Å². The van der Waals surface area contributed by atoms with E-state index in [2.05, 4.69) is 87.4 Å². The molecule has 0 spiro atoms. The molecule has 0 atom stereocenters. The van der Waals surface area contributed by atoms with Gasteiger partial charge in [-0.1, -0.05) is 52.3 Å². The van der Waals surface area contributed by atoms with Gasteiger partial charge in [0.2, 0.25) is 0 Å². The highest BCUT2D eigenvalue weighted by molar-refractivity contribution is 9.10. The molecule has 0 saturated carbocycles. The van der Waals surface area contributed by atoms with E-state index in [1.54, 1.807) is 0 Å². The van der Waals surface area contributed by atoms with E-state index in [0.717, 1.165) is 47.7 Å². The number of nitrogens with zero attached hydrogens (tertiary/aromatic N) is 3. The van der Waals surface area contributed by atoms with Crippen LogP contribution >= 0.6 is 28.3 Å². The fourth-order valence-corrected chi connectivity index (χ4v) is 3.71. The normalized spacial score (nSPS) is 15.5. The van der Waals surface area contributed by atoms with Crippen molar-refractivity contribution in [3.8, 4) is 11.3 Å². The highest BCUT2D eigenvalue weighted by Gasteiger charge is 2.17. The molecule has 0 unspecified atom stereocenters. The van der Waals surface area contributed by atoms with Gasteiger partial charge in [-0.15, -0.1) is 12.4 Å². The van der Waals surface area contributed by atoms with Crippen molar-refractivity contribution in [2.45, 2.75) is 6.42 Å². The zero-order valence-electron chi connectivity index (χ0n) is 14.9. The van der Waals surface area contributed by atoms with E-state index < -0.39 is 0 Å². The first-order valence-corrected chi connectivity index (χ1v) is 9.59. The quantitative estimate of drug-likeness (QED) is 0.553. The minimum Gasteiger partial charge on any atom is -0.355 e. The number of aromatic nitrogens is 1. The van der Waals surface area contributed by atoms with E-state index in [0.29, 0.717) is 0 Å². The van der Waals surface area contributed by atoms with E-state index in [1.165, 1.54) is 17.2 Å². The van der Waals surface area contributed by atoms with E-state index in [1.807, 2.05) is 0 Å². The van der Waals surface area contributed by atoms with Gasteiger partial charge >= 0.3 is 0 Å². The van der Waals surface area contributed by atoms with E-state index in [4.69, 9.17) is 4.98 Å². The smallest absolute Gasteiger partial charge is 0.137 e. The molecule has 2 aromatic carbocycles. The molecular weight excluding hydrogens is 410 g/mol. The summed E-state index contributed by atoms with van der Waals surface area (Å²) < 4.78 is 1.09. The van der Waals surface area contributed by atoms with Crippen LogP contribution in [0.1, 0.15) is 6.42 Å². The van der Waals surface area contributed by atoms with E-state index >= 15 is 0 Å². The van der Waals surface area contributed by atoms with Crippen LogP contribution < -0.4 is 4.90 Å². The number of benzene rings is 2. The molecule has 2 heterocycles. The van der Waals surface area contributed by atoms with Crippen molar-refractivity contribution in [2.75, 3.05) is 38.1 Å². The zero-order valence-corrected chi connectivity index (χ0v) is 17.3. The molecule has 136 valence electrons. The van der Waals surface area contributed by atoms with Crippen molar-refractivity contribution < 1.29 is 0 Å². The largest absolute Gasteiger partial charge is 0.355 e. The number of fused-ring (bicyclic) bond motifs is 1. The lowest BCUT2D eigenvalue weighted by Gasteiger charge is -2.24. The molecule has 1 aliphatic rings.